The van der Waals surface area contributed by atoms with Gasteiger partial charge in [0.15, 0.2) is 0 Å². The lowest BCUT2D eigenvalue weighted by atomic mass is 9.79. The lowest BCUT2D eigenvalue weighted by Crippen LogP contribution is -2.52. The standard InChI is InChI=1S/C13H21NO3.ClH/c1-12(2,14)13(3,15)10-8-9(16-4)6-7-11(10)17-5;/h6-8,15H,14H2,1-5H3;1H. The molecule has 1 unspecified atom stereocenters. The molecule has 18 heavy (non-hydrogen) atoms. The van der Waals surface area contributed by atoms with E-state index in [1.807, 2.05) is 0 Å². The van der Waals surface area contributed by atoms with Crippen LogP contribution in [-0.4, -0.2) is 24.9 Å². The molecule has 0 radical (unpaired) electrons. The Morgan fingerprint density at radius 3 is 2.06 bits per heavy atom. The van der Waals surface area contributed by atoms with E-state index >= 15 is 0 Å². The highest BCUT2D eigenvalue weighted by Crippen LogP contribution is 2.38. The number of halogens is 1. The summed E-state index contributed by atoms with van der Waals surface area (Å²) in [7, 11) is 3.14. The van der Waals surface area contributed by atoms with E-state index < -0.39 is 11.1 Å². The average molecular weight is 276 g/mol. The number of benzene rings is 1. The summed E-state index contributed by atoms with van der Waals surface area (Å²) in [6, 6.07) is 5.28. The molecule has 4 nitrogen and oxygen atoms in total. The summed E-state index contributed by atoms with van der Waals surface area (Å²) in [6.07, 6.45) is 0. The summed E-state index contributed by atoms with van der Waals surface area (Å²) in [4.78, 5) is 0. The lowest BCUT2D eigenvalue weighted by Gasteiger charge is -2.38. The van der Waals surface area contributed by atoms with E-state index in [9.17, 15) is 5.11 Å². The molecule has 104 valence electrons. The van der Waals surface area contributed by atoms with E-state index in [2.05, 4.69) is 0 Å². The monoisotopic (exact) mass is 275 g/mol. The number of methoxy groups -OCH3 is 2. The van der Waals surface area contributed by atoms with Gasteiger partial charge in [-0.05, 0) is 39.0 Å². The zero-order valence-electron chi connectivity index (χ0n) is 11.5. The molecule has 0 amide bonds. The first kappa shape index (κ1) is 17.0. The van der Waals surface area contributed by atoms with Crippen molar-refractivity contribution in [2.45, 2.75) is 31.9 Å². The van der Waals surface area contributed by atoms with Gasteiger partial charge in [0.25, 0.3) is 0 Å². The van der Waals surface area contributed by atoms with Gasteiger partial charge in [0.2, 0.25) is 0 Å². The molecule has 0 saturated heterocycles. The van der Waals surface area contributed by atoms with Crippen LogP contribution in [0, 0.1) is 0 Å². The van der Waals surface area contributed by atoms with Crippen LogP contribution in [0.5, 0.6) is 11.5 Å². The number of hydrogen-bond acceptors (Lipinski definition) is 4. The van der Waals surface area contributed by atoms with Gasteiger partial charge in [-0.25, -0.2) is 0 Å². The van der Waals surface area contributed by atoms with Crippen LogP contribution < -0.4 is 15.2 Å². The summed E-state index contributed by atoms with van der Waals surface area (Å²) in [5, 5.41) is 10.6. The van der Waals surface area contributed by atoms with Crippen LogP contribution in [0.1, 0.15) is 26.3 Å². The predicted octanol–water partition coefficient (Wildman–Crippen LogP) is 2.07. The van der Waals surface area contributed by atoms with Gasteiger partial charge < -0.3 is 20.3 Å². The fraction of sp³-hybridized carbons (Fsp3) is 0.538. The molecule has 0 aliphatic rings. The summed E-state index contributed by atoms with van der Waals surface area (Å²) < 4.78 is 10.4. The first-order valence-electron chi connectivity index (χ1n) is 5.48. The van der Waals surface area contributed by atoms with Crippen molar-refractivity contribution in [2.75, 3.05) is 14.2 Å². The minimum atomic E-state index is -1.22. The maximum Gasteiger partial charge on any atom is 0.125 e. The molecule has 0 fully saturated rings. The van der Waals surface area contributed by atoms with Crippen molar-refractivity contribution in [3.05, 3.63) is 23.8 Å². The smallest absolute Gasteiger partial charge is 0.125 e. The van der Waals surface area contributed by atoms with Crippen molar-refractivity contribution < 1.29 is 14.6 Å². The highest BCUT2D eigenvalue weighted by atomic mass is 35.5. The van der Waals surface area contributed by atoms with Gasteiger partial charge in [0.05, 0.1) is 14.2 Å². The predicted molar refractivity (Wildman–Crippen MR) is 74.6 cm³/mol. The highest BCUT2D eigenvalue weighted by molar-refractivity contribution is 5.85. The van der Waals surface area contributed by atoms with Gasteiger partial charge in [-0.15, -0.1) is 12.4 Å². The molecule has 0 bridgehead atoms. The van der Waals surface area contributed by atoms with Crippen molar-refractivity contribution >= 4 is 12.4 Å². The molecule has 5 heteroatoms. The summed E-state index contributed by atoms with van der Waals surface area (Å²) >= 11 is 0. The fourth-order valence-corrected chi connectivity index (χ4v) is 1.54. The van der Waals surface area contributed by atoms with Crippen molar-refractivity contribution in [3.63, 3.8) is 0 Å². The highest BCUT2D eigenvalue weighted by Gasteiger charge is 2.40. The number of rotatable bonds is 4. The van der Waals surface area contributed by atoms with Crippen molar-refractivity contribution in [3.8, 4) is 11.5 Å². The maximum absolute atomic E-state index is 10.6. The zero-order valence-corrected chi connectivity index (χ0v) is 12.3. The van der Waals surface area contributed by atoms with Gasteiger partial charge in [-0.1, -0.05) is 0 Å². The van der Waals surface area contributed by atoms with Crippen LogP contribution in [-0.2, 0) is 5.60 Å². The number of aliphatic hydroxyl groups is 1. The fourth-order valence-electron chi connectivity index (χ4n) is 1.54. The molecular weight excluding hydrogens is 254 g/mol. The first-order chi connectivity index (χ1) is 7.74. The summed E-state index contributed by atoms with van der Waals surface area (Å²) in [5.41, 5.74) is 4.62. The van der Waals surface area contributed by atoms with Crippen LogP contribution in [0.2, 0.25) is 0 Å². The Balaban J connectivity index is 0.00000289. The van der Waals surface area contributed by atoms with E-state index in [4.69, 9.17) is 15.2 Å². The molecule has 1 atom stereocenters. The summed E-state index contributed by atoms with van der Waals surface area (Å²) in [5.74, 6) is 1.25. The van der Waals surface area contributed by atoms with Crippen molar-refractivity contribution in [1.29, 1.82) is 0 Å². The quantitative estimate of drug-likeness (QED) is 0.883. The summed E-state index contributed by atoms with van der Waals surface area (Å²) in [6.45, 7) is 5.21. The minimum absolute atomic E-state index is 0. The Morgan fingerprint density at radius 1 is 1.11 bits per heavy atom. The molecule has 1 rings (SSSR count). The molecule has 0 aromatic heterocycles. The molecule has 0 saturated carbocycles. The van der Waals surface area contributed by atoms with Crippen LogP contribution >= 0.6 is 12.4 Å². The Labute approximate surface area is 115 Å². The van der Waals surface area contributed by atoms with Gasteiger partial charge in [0, 0.05) is 11.1 Å². The van der Waals surface area contributed by atoms with Crippen LogP contribution in [0.4, 0.5) is 0 Å². The van der Waals surface area contributed by atoms with Crippen LogP contribution in [0.3, 0.4) is 0 Å². The lowest BCUT2D eigenvalue weighted by molar-refractivity contribution is -0.0107. The first-order valence-corrected chi connectivity index (χ1v) is 5.48. The maximum atomic E-state index is 10.6. The van der Waals surface area contributed by atoms with Crippen LogP contribution in [0.15, 0.2) is 18.2 Å². The van der Waals surface area contributed by atoms with Gasteiger partial charge in [0.1, 0.15) is 17.1 Å². The van der Waals surface area contributed by atoms with Crippen molar-refractivity contribution in [2.24, 2.45) is 5.73 Å². The molecule has 1 aromatic carbocycles. The van der Waals surface area contributed by atoms with Gasteiger partial charge in [-0.2, -0.15) is 0 Å². The second-order valence-electron chi connectivity index (χ2n) is 4.86. The second kappa shape index (κ2) is 5.78. The van der Waals surface area contributed by atoms with E-state index in [-0.39, 0.29) is 12.4 Å². The van der Waals surface area contributed by atoms with Gasteiger partial charge in [-0.3, -0.25) is 0 Å². The Morgan fingerprint density at radius 2 is 1.67 bits per heavy atom. The molecule has 1 aromatic rings. The number of ether oxygens (including phenoxy) is 2. The number of nitrogens with two attached hydrogens (primary N) is 1. The third-order valence-electron chi connectivity index (χ3n) is 3.19. The molecule has 0 aliphatic heterocycles. The Hall–Kier alpha value is -0.970. The van der Waals surface area contributed by atoms with Crippen LogP contribution in [0.25, 0.3) is 0 Å². The minimum Gasteiger partial charge on any atom is -0.497 e. The molecular formula is C13H22ClNO3. The molecule has 3 N–H and O–H groups in total. The molecule has 0 spiro atoms. The van der Waals surface area contributed by atoms with E-state index in [0.717, 1.165) is 0 Å². The van der Waals surface area contributed by atoms with Gasteiger partial charge >= 0.3 is 0 Å². The van der Waals surface area contributed by atoms with E-state index in [1.165, 1.54) is 0 Å². The topological polar surface area (TPSA) is 64.7 Å². The Bertz CT molecular complexity index is 400. The van der Waals surface area contributed by atoms with Crippen molar-refractivity contribution in [1.82, 2.24) is 0 Å². The Kier molecular flexibility index (Phi) is 5.47. The third kappa shape index (κ3) is 3.07. The van der Waals surface area contributed by atoms with E-state index in [0.29, 0.717) is 17.1 Å². The second-order valence-corrected chi connectivity index (χ2v) is 4.86. The normalized spacial score (nSPS) is 14.4. The number of hydrogen-bond donors (Lipinski definition) is 2. The molecule has 0 aliphatic carbocycles. The van der Waals surface area contributed by atoms with E-state index in [1.54, 1.807) is 53.2 Å². The SMILES string of the molecule is COc1ccc(OC)c(C(C)(O)C(C)(C)N)c1.Cl. The third-order valence-corrected chi connectivity index (χ3v) is 3.19. The molecule has 0 heterocycles. The average Bonchev–Trinajstić information content (AvgIpc) is 2.26. The zero-order chi connectivity index (χ0) is 13.3. The largest absolute Gasteiger partial charge is 0.497 e.